The van der Waals surface area contributed by atoms with Gasteiger partial charge in [-0.15, -0.1) is 0 Å². The van der Waals surface area contributed by atoms with E-state index >= 15 is 0 Å². The number of nitrogens with one attached hydrogen (secondary N) is 1. The molecule has 194 valence electrons. The number of benzene rings is 2. The lowest BCUT2D eigenvalue weighted by Crippen LogP contribution is -2.15. The third-order valence-electron chi connectivity index (χ3n) is 5.52. The number of hydrogen-bond acceptors (Lipinski definition) is 9. The predicted molar refractivity (Wildman–Crippen MR) is 139 cm³/mol. The number of aryl methyl sites for hydroxylation is 1. The van der Waals surface area contributed by atoms with Crippen LogP contribution in [0.5, 0.6) is 0 Å². The number of carbonyl (C=O) groups is 1. The lowest BCUT2D eigenvalue weighted by molar-refractivity contribution is 0.0885. The molecule has 4 aromatic rings. The van der Waals surface area contributed by atoms with Crippen LogP contribution in [0, 0.1) is 6.92 Å². The Bertz CT molecular complexity index is 1450. The van der Waals surface area contributed by atoms with Crippen LogP contribution in [0.3, 0.4) is 0 Å². The molecule has 3 N–H and O–H groups in total. The fourth-order valence-electron chi connectivity index (χ4n) is 3.47. The van der Waals surface area contributed by atoms with Gasteiger partial charge in [0.2, 0.25) is 5.95 Å². The minimum Gasteiger partial charge on any atom is -0.379 e. The molecule has 11 nitrogen and oxygen atoms in total. The molecule has 0 radical (unpaired) electrons. The summed E-state index contributed by atoms with van der Waals surface area (Å²) in [4.78, 5) is 35.0. The van der Waals surface area contributed by atoms with Crippen LogP contribution in [0.2, 0.25) is 0 Å². The number of Topliss-reactive ketones (excluding diaryl/α,β-unsaturated/α-hetero) is 1. The number of nitrogen functional groups attached to an aromatic ring is 1. The topological polar surface area (TPSA) is 151 Å². The average molecular weight is 526 g/mol. The summed E-state index contributed by atoms with van der Waals surface area (Å²) >= 11 is 0. The summed E-state index contributed by atoms with van der Waals surface area (Å²) in [5.41, 5.74) is 8.05. The van der Waals surface area contributed by atoms with E-state index < -0.39 is 13.2 Å². The van der Waals surface area contributed by atoms with Gasteiger partial charge in [0.05, 0.1) is 32.3 Å². The number of nitrogens with zero attached hydrogens (tertiary/aromatic N) is 3. The first kappa shape index (κ1) is 26.4. The fraction of sp³-hybridized carbons (Fsp3) is 0.280. The van der Waals surface area contributed by atoms with Gasteiger partial charge in [0.1, 0.15) is 6.61 Å². The molecule has 0 amide bonds. The van der Waals surface area contributed by atoms with E-state index in [0.717, 1.165) is 11.1 Å². The quantitative estimate of drug-likeness (QED) is 0.152. The van der Waals surface area contributed by atoms with Crippen LogP contribution in [0.25, 0.3) is 11.2 Å². The smallest absolute Gasteiger partial charge is 0.333 e. The van der Waals surface area contributed by atoms with Crippen molar-refractivity contribution in [3.63, 3.8) is 0 Å². The fourth-order valence-corrected chi connectivity index (χ4v) is 4.81. The van der Waals surface area contributed by atoms with Crippen LogP contribution in [0.15, 0.2) is 65.7 Å². The summed E-state index contributed by atoms with van der Waals surface area (Å²) in [6.07, 6.45) is 1.43. The van der Waals surface area contributed by atoms with Crippen LogP contribution < -0.4 is 11.3 Å². The van der Waals surface area contributed by atoms with Gasteiger partial charge in [-0.3, -0.25) is 19.1 Å². The molecule has 0 aliphatic carbocycles. The van der Waals surface area contributed by atoms with Crippen molar-refractivity contribution < 1.29 is 23.1 Å². The maximum absolute atomic E-state index is 13.5. The van der Waals surface area contributed by atoms with E-state index in [4.69, 9.17) is 19.5 Å². The Hall–Kier alpha value is -3.63. The van der Waals surface area contributed by atoms with Crippen LogP contribution >= 0.6 is 7.60 Å². The van der Waals surface area contributed by atoms with E-state index in [9.17, 15) is 14.2 Å². The summed E-state index contributed by atoms with van der Waals surface area (Å²) in [5.74, 6) is -0.299. The number of ether oxygens (including phenoxy) is 1. The molecule has 0 saturated heterocycles. The minimum absolute atomic E-state index is 0.00555. The van der Waals surface area contributed by atoms with Gasteiger partial charge in [-0.1, -0.05) is 60.2 Å². The van der Waals surface area contributed by atoms with Crippen molar-refractivity contribution >= 4 is 30.5 Å². The van der Waals surface area contributed by atoms with Gasteiger partial charge in [-0.05, 0) is 12.5 Å². The standard InChI is InChI=1S/C25H28N5O6P/c1-18-7-9-20(10-8-18)21(31)16-36-37(33,35-15-19-5-3-2-4-6-19)14-13-34-12-11-30-17-27-22-23(30)28-25(26)29-24(22)32/h2-10,17H,11-16H2,1H3,(H3,26,28,29,32). The van der Waals surface area contributed by atoms with Crippen molar-refractivity contribution in [2.75, 3.05) is 31.7 Å². The van der Waals surface area contributed by atoms with E-state index in [1.165, 1.54) is 6.33 Å². The predicted octanol–water partition coefficient (Wildman–Crippen LogP) is 3.34. The normalized spacial score (nSPS) is 13.0. The molecule has 0 aliphatic heterocycles. The summed E-state index contributed by atoms with van der Waals surface area (Å²) in [7, 11) is -3.66. The number of aromatic amines is 1. The van der Waals surface area contributed by atoms with Gasteiger partial charge in [-0.25, -0.2) is 4.98 Å². The van der Waals surface area contributed by atoms with Crippen molar-refractivity contribution in [1.82, 2.24) is 19.5 Å². The summed E-state index contributed by atoms with van der Waals surface area (Å²) in [6.45, 7) is 2.25. The van der Waals surface area contributed by atoms with Crippen LogP contribution in [0.4, 0.5) is 5.95 Å². The molecule has 0 spiro atoms. The first-order chi connectivity index (χ1) is 17.8. The largest absolute Gasteiger partial charge is 0.379 e. The molecule has 4 rings (SSSR count). The highest BCUT2D eigenvalue weighted by atomic mass is 31.2. The second kappa shape index (κ2) is 12.1. The lowest BCUT2D eigenvalue weighted by Gasteiger charge is -2.19. The molecule has 1 unspecified atom stereocenters. The van der Waals surface area contributed by atoms with Crippen LogP contribution in [0.1, 0.15) is 21.5 Å². The Balaban J connectivity index is 1.33. The Morgan fingerprint density at radius 2 is 1.84 bits per heavy atom. The molecule has 2 heterocycles. The molecule has 2 aromatic carbocycles. The molecular weight excluding hydrogens is 497 g/mol. The summed E-state index contributed by atoms with van der Waals surface area (Å²) in [5, 5.41) is 0. The molecule has 2 aromatic heterocycles. The number of anilines is 1. The summed E-state index contributed by atoms with van der Waals surface area (Å²) in [6, 6.07) is 16.3. The molecule has 37 heavy (non-hydrogen) atoms. The molecular formula is C25H28N5O6P. The maximum atomic E-state index is 13.5. The van der Waals surface area contributed by atoms with Crippen LogP contribution in [-0.4, -0.2) is 51.3 Å². The van der Waals surface area contributed by atoms with E-state index in [2.05, 4.69) is 15.0 Å². The first-order valence-electron chi connectivity index (χ1n) is 11.6. The molecule has 0 fully saturated rings. The van der Waals surface area contributed by atoms with Crippen molar-refractivity contribution in [2.45, 2.75) is 20.1 Å². The van der Waals surface area contributed by atoms with Crippen molar-refractivity contribution in [1.29, 1.82) is 0 Å². The van der Waals surface area contributed by atoms with Gasteiger partial charge < -0.3 is 24.1 Å². The number of rotatable bonds is 13. The van der Waals surface area contributed by atoms with Crippen molar-refractivity contribution in [3.8, 4) is 0 Å². The second-order valence-electron chi connectivity index (χ2n) is 8.33. The zero-order valence-corrected chi connectivity index (χ0v) is 21.2. The number of nitrogens with two attached hydrogens (primary N) is 1. The van der Waals surface area contributed by atoms with Crippen molar-refractivity contribution in [2.24, 2.45) is 0 Å². The highest BCUT2D eigenvalue weighted by molar-refractivity contribution is 7.53. The number of imidazole rings is 1. The monoisotopic (exact) mass is 525 g/mol. The summed E-state index contributed by atoms with van der Waals surface area (Å²) < 4.78 is 32.0. The third kappa shape index (κ3) is 7.21. The van der Waals surface area contributed by atoms with Crippen molar-refractivity contribution in [3.05, 3.63) is 88.0 Å². The second-order valence-corrected chi connectivity index (χ2v) is 10.5. The Morgan fingerprint density at radius 1 is 1.08 bits per heavy atom. The zero-order chi connectivity index (χ0) is 26.3. The number of ketones is 1. The molecule has 0 saturated carbocycles. The Kier molecular flexibility index (Phi) is 8.62. The Labute approximate surface area is 213 Å². The molecule has 0 aliphatic rings. The van der Waals surface area contributed by atoms with Gasteiger partial charge in [0.25, 0.3) is 5.56 Å². The van der Waals surface area contributed by atoms with Gasteiger partial charge in [0.15, 0.2) is 16.9 Å². The number of hydrogen-bond donors (Lipinski definition) is 2. The first-order valence-corrected chi connectivity index (χ1v) is 13.4. The average Bonchev–Trinajstić information content (AvgIpc) is 3.30. The SMILES string of the molecule is Cc1ccc(C(=O)COP(=O)(CCOCCn2cnc3c(=O)[nH]c(N)nc32)OCc2ccccc2)cc1. The Morgan fingerprint density at radius 3 is 2.59 bits per heavy atom. The maximum Gasteiger partial charge on any atom is 0.333 e. The van der Waals surface area contributed by atoms with Crippen LogP contribution in [-0.2, 0) is 31.5 Å². The van der Waals surface area contributed by atoms with E-state index in [0.29, 0.717) is 17.8 Å². The molecule has 12 heteroatoms. The van der Waals surface area contributed by atoms with E-state index in [1.54, 1.807) is 16.7 Å². The minimum atomic E-state index is -3.66. The molecule has 1 atom stereocenters. The van der Waals surface area contributed by atoms with Gasteiger partial charge >= 0.3 is 7.60 Å². The lowest BCUT2D eigenvalue weighted by atomic mass is 10.1. The molecule has 0 bridgehead atoms. The number of aromatic nitrogens is 4. The third-order valence-corrected chi connectivity index (χ3v) is 7.29. The zero-order valence-electron chi connectivity index (χ0n) is 20.3. The number of carbonyl (C=O) groups excluding carboxylic acids is 1. The van der Waals surface area contributed by atoms with E-state index in [1.807, 2.05) is 49.4 Å². The van der Waals surface area contributed by atoms with Gasteiger partial charge in [0, 0.05) is 12.1 Å². The highest BCUT2D eigenvalue weighted by Crippen LogP contribution is 2.48. The number of H-pyrrole nitrogens is 1. The highest BCUT2D eigenvalue weighted by Gasteiger charge is 2.26. The van der Waals surface area contributed by atoms with Gasteiger partial charge in [-0.2, -0.15) is 4.98 Å². The number of fused-ring (bicyclic) bond motifs is 1. The van der Waals surface area contributed by atoms with E-state index in [-0.39, 0.29) is 49.8 Å².